The smallest absolute Gasteiger partial charge is 0.276 e. The van der Waals surface area contributed by atoms with Crippen molar-refractivity contribution >= 4 is 41.0 Å². The molecule has 0 spiro atoms. The molecule has 2 aromatic rings. The number of nitro groups is 1. The monoisotopic (exact) mass is 385 g/mol. The molecule has 0 radical (unpaired) electrons. The number of amides is 2. The third-order valence-electron chi connectivity index (χ3n) is 3.68. The summed E-state index contributed by atoms with van der Waals surface area (Å²) in [6.07, 6.45) is 4.50. The lowest BCUT2D eigenvalue weighted by molar-refractivity contribution is -0.385. The van der Waals surface area contributed by atoms with Crippen molar-refractivity contribution in [1.82, 2.24) is 4.90 Å². The number of likely N-dealkylation sites (N-methyl/N-ethyl adjacent to an activating group) is 1. The Kier molecular flexibility index (Phi) is 7.13. The Bertz CT molecular complexity index is 883. The van der Waals surface area contributed by atoms with Crippen LogP contribution >= 0.6 is 11.8 Å². The summed E-state index contributed by atoms with van der Waals surface area (Å²) in [6, 6.07) is 13.5. The summed E-state index contributed by atoms with van der Waals surface area (Å²) in [5, 5.41) is 13.8. The molecule has 0 fully saturated rings. The molecule has 0 saturated heterocycles. The lowest BCUT2D eigenvalue weighted by atomic mass is 10.1. The predicted octanol–water partition coefficient (Wildman–Crippen LogP) is 3.43. The molecule has 7 nitrogen and oxygen atoms in total. The number of nitrogens with zero attached hydrogens (tertiary/aromatic N) is 2. The summed E-state index contributed by atoms with van der Waals surface area (Å²) in [5.41, 5.74) is 0.921. The minimum atomic E-state index is -0.509. The molecule has 0 aromatic heterocycles. The first kappa shape index (κ1) is 20.2. The number of nitrogens with one attached hydrogen (secondary N) is 1. The molecule has 0 bridgehead atoms. The van der Waals surface area contributed by atoms with Crippen LogP contribution < -0.4 is 5.32 Å². The van der Waals surface area contributed by atoms with E-state index < -0.39 is 10.8 Å². The van der Waals surface area contributed by atoms with Crippen LogP contribution in [-0.2, 0) is 9.59 Å². The Morgan fingerprint density at radius 2 is 1.85 bits per heavy atom. The van der Waals surface area contributed by atoms with Gasteiger partial charge in [-0.1, -0.05) is 24.3 Å². The van der Waals surface area contributed by atoms with Gasteiger partial charge in [-0.15, -0.1) is 11.8 Å². The fourth-order valence-electron chi connectivity index (χ4n) is 2.31. The number of benzene rings is 2. The second-order valence-electron chi connectivity index (χ2n) is 5.59. The van der Waals surface area contributed by atoms with Gasteiger partial charge in [0.2, 0.25) is 11.8 Å². The number of thioether (sulfide) groups is 1. The van der Waals surface area contributed by atoms with Crippen LogP contribution in [0.3, 0.4) is 0 Å². The number of nitro benzene ring substituents is 1. The molecule has 0 saturated carbocycles. The quantitative estimate of drug-likeness (QED) is 0.341. The molecule has 2 aromatic carbocycles. The van der Waals surface area contributed by atoms with Crippen LogP contribution in [0.5, 0.6) is 0 Å². The predicted molar refractivity (Wildman–Crippen MR) is 107 cm³/mol. The van der Waals surface area contributed by atoms with Gasteiger partial charge in [0, 0.05) is 24.1 Å². The summed E-state index contributed by atoms with van der Waals surface area (Å²) in [5.74, 6) is -0.757. The second kappa shape index (κ2) is 9.54. The average Bonchev–Trinajstić information content (AvgIpc) is 2.66. The van der Waals surface area contributed by atoms with Gasteiger partial charge in [-0.05, 0) is 30.5 Å². The summed E-state index contributed by atoms with van der Waals surface area (Å²) < 4.78 is 0. The van der Waals surface area contributed by atoms with Gasteiger partial charge >= 0.3 is 0 Å². The number of carbonyl (C=O) groups excluding carboxylic acids is 2. The maximum Gasteiger partial charge on any atom is 0.276 e. The van der Waals surface area contributed by atoms with Gasteiger partial charge in [-0.3, -0.25) is 19.7 Å². The summed E-state index contributed by atoms with van der Waals surface area (Å²) >= 11 is 1.51. The molecule has 2 amide bonds. The molecule has 0 aliphatic heterocycles. The summed E-state index contributed by atoms with van der Waals surface area (Å²) in [7, 11) is 1.49. The first-order valence-electron chi connectivity index (χ1n) is 8.02. The Hall–Kier alpha value is -3.13. The number of hydrogen-bond donors (Lipinski definition) is 1. The highest BCUT2D eigenvalue weighted by atomic mass is 32.2. The molecule has 8 heteroatoms. The maximum atomic E-state index is 12.2. The molecule has 0 aliphatic carbocycles. The van der Waals surface area contributed by atoms with Crippen molar-refractivity contribution in [3.63, 3.8) is 0 Å². The number of carbonyl (C=O) groups is 2. The van der Waals surface area contributed by atoms with Crippen LogP contribution in [0.4, 0.5) is 11.4 Å². The minimum Gasteiger partial charge on any atom is -0.333 e. The molecule has 140 valence electrons. The van der Waals surface area contributed by atoms with Crippen molar-refractivity contribution in [1.29, 1.82) is 0 Å². The molecular weight excluding hydrogens is 366 g/mol. The van der Waals surface area contributed by atoms with Gasteiger partial charge in [0.05, 0.1) is 22.7 Å². The fourth-order valence-corrected chi connectivity index (χ4v) is 2.87. The summed E-state index contributed by atoms with van der Waals surface area (Å²) in [6.45, 7) is -0.136. The lowest BCUT2D eigenvalue weighted by Crippen LogP contribution is -2.33. The molecule has 27 heavy (non-hydrogen) atoms. The highest BCUT2D eigenvalue weighted by Crippen LogP contribution is 2.24. The largest absolute Gasteiger partial charge is 0.333 e. The lowest BCUT2D eigenvalue weighted by Gasteiger charge is -2.15. The van der Waals surface area contributed by atoms with Crippen LogP contribution in [0, 0.1) is 10.1 Å². The second-order valence-corrected chi connectivity index (χ2v) is 6.44. The number of anilines is 1. The molecule has 1 N–H and O–H groups in total. The van der Waals surface area contributed by atoms with Gasteiger partial charge < -0.3 is 10.2 Å². The van der Waals surface area contributed by atoms with Crippen LogP contribution in [0.25, 0.3) is 6.08 Å². The van der Waals surface area contributed by atoms with E-state index in [1.54, 1.807) is 24.3 Å². The zero-order valence-corrected chi connectivity index (χ0v) is 15.7. The van der Waals surface area contributed by atoms with Crippen LogP contribution in [0.15, 0.2) is 59.5 Å². The molecule has 0 heterocycles. The number of para-hydroxylation sites is 2. The fraction of sp³-hybridized carbons (Fsp3) is 0.158. The Labute approximate surface area is 161 Å². The number of rotatable bonds is 7. The molecule has 0 unspecified atom stereocenters. The molecule has 0 atom stereocenters. The van der Waals surface area contributed by atoms with Gasteiger partial charge in [0.1, 0.15) is 0 Å². The topological polar surface area (TPSA) is 92.6 Å². The number of hydrogen-bond acceptors (Lipinski definition) is 5. The van der Waals surface area contributed by atoms with E-state index in [9.17, 15) is 19.7 Å². The standard InChI is InChI=1S/C19H19N3O4S/c1-21(13-18(23)20-15-8-4-6-10-17(15)27-2)19(24)12-11-14-7-3-5-9-16(14)22(25)26/h3-12H,13H2,1-2H3,(H,20,23). The zero-order chi connectivity index (χ0) is 19.8. The van der Waals surface area contributed by atoms with Crippen molar-refractivity contribution in [3.8, 4) is 0 Å². The Balaban J connectivity index is 1.99. The van der Waals surface area contributed by atoms with E-state index in [4.69, 9.17) is 0 Å². The van der Waals surface area contributed by atoms with Crippen LogP contribution in [0.2, 0.25) is 0 Å². The van der Waals surface area contributed by atoms with Gasteiger partial charge in [-0.25, -0.2) is 0 Å². The van der Waals surface area contributed by atoms with E-state index in [2.05, 4.69) is 5.32 Å². The first-order valence-corrected chi connectivity index (χ1v) is 9.24. The highest BCUT2D eigenvalue weighted by molar-refractivity contribution is 7.98. The van der Waals surface area contributed by atoms with E-state index in [-0.39, 0.29) is 18.1 Å². The SMILES string of the molecule is CSc1ccccc1NC(=O)CN(C)C(=O)C=Cc1ccccc1[N+](=O)[O-]. The van der Waals surface area contributed by atoms with Crippen molar-refractivity contribution in [2.45, 2.75) is 4.90 Å². The van der Waals surface area contributed by atoms with Crippen molar-refractivity contribution in [2.75, 3.05) is 25.2 Å². The van der Waals surface area contributed by atoms with Gasteiger partial charge in [0.25, 0.3) is 5.69 Å². The van der Waals surface area contributed by atoms with Gasteiger partial charge in [0.15, 0.2) is 0 Å². The maximum absolute atomic E-state index is 12.2. The molecule has 0 aliphatic rings. The van der Waals surface area contributed by atoms with E-state index in [0.717, 1.165) is 4.90 Å². The molecule has 2 rings (SSSR count). The van der Waals surface area contributed by atoms with E-state index >= 15 is 0 Å². The third kappa shape index (κ3) is 5.68. The minimum absolute atomic E-state index is 0.0874. The Morgan fingerprint density at radius 1 is 1.19 bits per heavy atom. The van der Waals surface area contributed by atoms with E-state index in [0.29, 0.717) is 11.3 Å². The van der Waals surface area contributed by atoms with Crippen molar-refractivity contribution in [3.05, 3.63) is 70.3 Å². The van der Waals surface area contributed by atoms with Crippen LogP contribution in [-0.4, -0.2) is 41.5 Å². The molecular formula is C19H19N3O4S. The van der Waals surface area contributed by atoms with E-state index in [1.807, 2.05) is 24.5 Å². The zero-order valence-electron chi connectivity index (χ0n) is 14.9. The van der Waals surface area contributed by atoms with E-state index in [1.165, 1.54) is 41.9 Å². The van der Waals surface area contributed by atoms with Crippen molar-refractivity contribution in [2.24, 2.45) is 0 Å². The van der Waals surface area contributed by atoms with Crippen molar-refractivity contribution < 1.29 is 14.5 Å². The third-order valence-corrected chi connectivity index (χ3v) is 4.47. The Morgan fingerprint density at radius 3 is 2.56 bits per heavy atom. The highest BCUT2D eigenvalue weighted by Gasteiger charge is 2.14. The van der Waals surface area contributed by atoms with Crippen LogP contribution in [0.1, 0.15) is 5.56 Å². The first-order chi connectivity index (χ1) is 12.9. The normalized spacial score (nSPS) is 10.6. The van der Waals surface area contributed by atoms with Gasteiger partial charge in [-0.2, -0.15) is 0 Å². The summed E-state index contributed by atoms with van der Waals surface area (Å²) in [4.78, 5) is 37.0. The average molecular weight is 385 g/mol.